The molecule has 1 aliphatic heterocycles. The molecule has 0 N–H and O–H groups in total. The van der Waals surface area contributed by atoms with Crippen molar-refractivity contribution < 1.29 is 13.2 Å². The molecule has 1 saturated heterocycles. The summed E-state index contributed by atoms with van der Waals surface area (Å²) in [6.45, 7) is 0.705. The molecule has 5 heterocycles. The Labute approximate surface area is 218 Å². The van der Waals surface area contributed by atoms with E-state index in [2.05, 4.69) is 9.97 Å². The Hall–Kier alpha value is -3.54. The first-order valence-electron chi connectivity index (χ1n) is 11.9. The zero-order chi connectivity index (χ0) is 25.4. The molecule has 1 fully saturated rings. The Morgan fingerprint density at radius 3 is 2.73 bits per heavy atom. The third-order valence-corrected chi connectivity index (χ3v) is 8.58. The van der Waals surface area contributed by atoms with Gasteiger partial charge in [-0.25, -0.2) is 32.0 Å². The second-order valence-electron chi connectivity index (χ2n) is 8.69. The first-order chi connectivity index (χ1) is 18.0. The fraction of sp³-hybridized carbons (Fsp3) is 0.231. The van der Waals surface area contributed by atoms with Gasteiger partial charge in [0.1, 0.15) is 11.9 Å². The molecular weight excluding hydrogens is 508 g/mol. The lowest BCUT2D eigenvalue weighted by Crippen LogP contribution is -2.18. The average Bonchev–Trinajstić information content (AvgIpc) is 3.59. The van der Waals surface area contributed by atoms with Gasteiger partial charge in [-0.2, -0.15) is 5.10 Å². The summed E-state index contributed by atoms with van der Waals surface area (Å²) in [5.74, 6) is 0. The zero-order valence-corrected chi connectivity index (χ0v) is 21.7. The van der Waals surface area contributed by atoms with Crippen LogP contribution in [0.1, 0.15) is 25.5 Å². The van der Waals surface area contributed by atoms with Gasteiger partial charge >= 0.3 is 0 Å². The van der Waals surface area contributed by atoms with Gasteiger partial charge in [0.15, 0.2) is 10.8 Å². The van der Waals surface area contributed by atoms with Crippen LogP contribution in [0.4, 0.5) is 0 Å². The number of benzene rings is 1. The number of thioether (sulfide) groups is 1. The van der Waals surface area contributed by atoms with Crippen molar-refractivity contribution in [2.75, 3.05) is 12.9 Å². The van der Waals surface area contributed by atoms with Crippen LogP contribution in [-0.2, 0) is 14.8 Å². The highest BCUT2D eigenvalue weighted by Crippen LogP contribution is 2.34. The Bertz CT molecular complexity index is 1680. The van der Waals surface area contributed by atoms with Crippen molar-refractivity contribution in [1.29, 1.82) is 0 Å². The minimum absolute atomic E-state index is 0.142. The molecule has 0 amide bonds. The second-order valence-corrected chi connectivity index (χ2v) is 11.3. The number of hydrogen-bond acceptors (Lipinski definition) is 8. The molecule has 37 heavy (non-hydrogen) atoms. The number of pyridine rings is 1. The van der Waals surface area contributed by atoms with E-state index in [1.54, 1.807) is 48.8 Å². The number of aromatic nitrogens is 6. The smallest absolute Gasteiger partial charge is 0.269 e. The summed E-state index contributed by atoms with van der Waals surface area (Å²) in [7, 11) is -3.77. The molecule has 1 unspecified atom stereocenters. The van der Waals surface area contributed by atoms with E-state index in [4.69, 9.17) is 14.8 Å². The first kappa shape index (κ1) is 23.8. The highest BCUT2D eigenvalue weighted by molar-refractivity contribution is 7.98. The molecule has 0 radical (unpaired) electrons. The van der Waals surface area contributed by atoms with Gasteiger partial charge in [0.25, 0.3) is 10.0 Å². The lowest BCUT2D eigenvalue weighted by Gasteiger charge is -2.22. The van der Waals surface area contributed by atoms with E-state index in [0.29, 0.717) is 28.5 Å². The van der Waals surface area contributed by atoms with Gasteiger partial charge in [0, 0.05) is 47.9 Å². The van der Waals surface area contributed by atoms with Crippen molar-refractivity contribution in [2.24, 2.45) is 0 Å². The number of rotatable bonds is 6. The molecule has 0 bridgehead atoms. The molecule has 0 saturated carbocycles. The summed E-state index contributed by atoms with van der Waals surface area (Å²) >= 11 is 1.47. The molecular formula is C26H24N6O3S2. The third-order valence-electron chi connectivity index (χ3n) is 6.34. The topological polar surface area (TPSA) is 105 Å². The van der Waals surface area contributed by atoms with Gasteiger partial charge in [0.2, 0.25) is 0 Å². The SMILES string of the molecule is CSc1nccc(-c2cn(C3CCCCO3)nc2-c2cnc3c(ccn3S(=O)(=O)c3ccccc3)c2)n1. The van der Waals surface area contributed by atoms with Crippen LogP contribution in [0.2, 0.25) is 0 Å². The van der Waals surface area contributed by atoms with Crippen molar-refractivity contribution in [3.8, 4) is 22.5 Å². The minimum atomic E-state index is -3.77. The highest BCUT2D eigenvalue weighted by atomic mass is 32.2. The Morgan fingerprint density at radius 2 is 1.95 bits per heavy atom. The fourth-order valence-corrected chi connectivity index (χ4v) is 6.18. The van der Waals surface area contributed by atoms with Crippen molar-refractivity contribution in [2.45, 2.75) is 35.5 Å². The summed E-state index contributed by atoms with van der Waals surface area (Å²) < 4.78 is 35.5. The molecule has 188 valence electrons. The quantitative estimate of drug-likeness (QED) is 0.222. The summed E-state index contributed by atoms with van der Waals surface area (Å²) in [6, 6.07) is 13.9. The lowest BCUT2D eigenvalue weighted by atomic mass is 10.1. The number of fused-ring (bicyclic) bond motifs is 1. The summed E-state index contributed by atoms with van der Waals surface area (Å²) in [6.07, 6.45) is 11.7. The second kappa shape index (κ2) is 9.73. The van der Waals surface area contributed by atoms with Crippen LogP contribution in [0.25, 0.3) is 33.5 Å². The molecule has 4 aromatic heterocycles. The average molecular weight is 533 g/mol. The van der Waals surface area contributed by atoms with E-state index in [0.717, 1.165) is 36.1 Å². The van der Waals surface area contributed by atoms with Gasteiger partial charge in [-0.05, 0) is 55.9 Å². The summed E-state index contributed by atoms with van der Waals surface area (Å²) in [4.78, 5) is 13.8. The maximum Gasteiger partial charge on any atom is 0.269 e. The number of ether oxygens (including phenoxy) is 1. The monoisotopic (exact) mass is 532 g/mol. The van der Waals surface area contributed by atoms with E-state index >= 15 is 0 Å². The predicted molar refractivity (Wildman–Crippen MR) is 142 cm³/mol. The summed E-state index contributed by atoms with van der Waals surface area (Å²) in [5.41, 5.74) is 3.41. The lowest BCUT2D eigenvalue weighted by molar-refractivity contribution is -0.0393. The van der Waals surface area contributed by atoms with Crippen LogP contribution in [0, 0.1) is 0 Å². The normalized spacial score (nSPS) is 16.3. The van der Waals surface area contributed by atoms with Crippen LogP contribution >= 0.6 is 11.8 Å². The molecule has 5 aromatic rings. The van der Waals surface area contributed by atoms with Gasteiger partial charge < -0.3 is 4.74 Å². The number of nitrogens with zero attached hydrogens (tertiary/aromatic N) is 6. The first-order valence-corrected chi connectivity index (χ1v) is 14.6. The van der Waals surface area contributed by atoms with Gasteiger partial charge in [-0.1, -0.05) is 30.0 Å². The molecule has 0 spiro atoms. The Morgan fingerprint density at radius 1 is 1.08 bits per heavy atom. The Balaban J connectivity index is 1.46. The van der Waals surface area contributed by atoms with E-state index in [-0.39, 0.29) is 11.1 Å². The predicted octanol–water partition coefficient (Wildman–Crippen LogP) is 5.01. The maximum absolute atomic E-state index is 13.2. The van der Waals surface area contributed by atoms with Crippen molar-refractivity contribution in [1.82, 2.24) is 28.7 Å². The molecule has 9 nitrogen and oxygen atoms in total. The van der Waals surface area contributed by atoms with Crippen LogP contribution in [0.15, 0.2) is 83.4 Å². The molecule has 1 atom stereocenters. The largest absolute Gasteiger partial charge is 0.357 e. The molecule has 11 heteroatoms. The molecule has 6 rings (SSSR count). The fourth-order valence-electron chi connectivity index (χ4n) is 4.49. The standard InChI is InChI=1S/C26H24N6O3S2/c1-36-26-27-12-10-22(29-26)21-17-31(23-9-5-6-14-35-23)30-24(21)19-15-18-11-13-32(25(18)28-16-19)37(33,34)20-7-3-2-4-8-20/h2-4,7-8,10-13,15-17,23H,5-6,9,14H2,1H3. The van der Waals surface area contributed by atoms with Crippen molar-refractivity contribution in [3.63, 3.8) is 0 Å². The highest BCUT2D eigenvalue weighted by Gasteiger charge is 2.24. The number of hydrogen-bond donors (Lipinski definition) is 0. The Kier molecular flexibility index (Phi) is 6.27. The third kappa shape index (κ3) is 4.43. The van der Waals surface area contributed by atoms with Crippen LogP contribution in [0.3, 0.4) is 0 Å². The van der Waals surface area contributed by atoms with E-state index in [1.807, 2.05) is 29.3 Å². The van der Waals surface area contributed by atoms with Gasteiger partial charge in [-0.15, -0.1) is 0 Å². The maximum atomic E-state index is 13.2. The van der Waals surface area contributed by atoms with Gasteiger partial charge in [-0.3, -0.25) is 0 Å². The van der Waals surface area contributed by atoms with Gasteiger partial charge in [0.05, 0.1) is 10.6 Å². The van der Waals surface area contributed by atoms with Crippen molar-refractivity contribution in [3.05, 3.63) is 73.3 Å². The van der Waals surface area contributed by atoms with E-state index < -0.39 is 10.0 Å². The zero-order valence-electron chi connectivity index (χ0n) is 20.1. The van der Waals surface area contributed by atoms with Crippen molar-refractivity contribution >= 4 is 32.8 Å². The summed E-state index contributed by atoms with van der Waals surface area (Å²) in [5, 5.41) is 6.27. The van der Waals surface area contributed by atoms with E-state index in [9.17, 15) is 8.42 Å². The van der Waals surface area contributed by atoms with Crippen LogP contribution < -0.4 is 0 Å². The molecule has 1 aliphatic rings. The van der Waals surface area contributed by atoms with Crippen LogP contribution in [-0.4, -0.2) is 50.0 Å². The minimum Gasteiger partial charge on any atom is -0.357 e. The molecule has 1 aromatic carbocycles. The van der Waals surface area contributed by atoms with E-state index in [1.165, 1.54) is 21.9 Å². The molecule has 0 aliphatic carbocycles. The van der Waals surface area contributed by atoms with Crippen LogP contribution in [0.5, 0.6) is 0 Å².